The summed E-state index contributed by atoms with van der Waals surface area (Å²) in [6.45, 7) is 0.203. The zero-order valence-corrected chi connectivity index (χ0v) is 12.7. The lowest BCUT2D eigenvalue weighted by Gasteiger charge is -2.06. The molecular formula is C14H17N3O4S. The zero-order valence-electron chi connectivity index (χ0n) is 11.9. The van der Waals surface area contributed by atoms with Gasteiger partial charge in [-0.3, -0.25) is 9.59 Å². The van der Waals surface area contributed by atoms with Crippen LogP contribution in [0.2, 0.25) is 0 Å². The molecule has 0 bridgehead atoms. The Morgan fingerprint density at radius 3 is 2.41 bits per heavy atom. The topological polar surface area (TPSA) is 130 Å². The SMILES string of the molecule is N#Cc1ccc(CS(=O)(=O)CC(=O)NCCCC(N)=O)cc1. The maximum Gasteiger partial charge on any atom is 0.235 e. The molecule has 22 heavy (non-hydrogen) atoms. The van der Waals surface area contributed by atoms with Gasteiger partial charge in [0.2, 0.25) is 11.8 Å². The monoisotopic (exact) mass is 323 g/mol. The molecule has 1 aromatic carbocycles. The highest BCUT2D eigenvalue weighted by Gasteiger charge is 2.17. The lowest BCUT2D eigenvalue weighted by molar-refractivity contribution is -0.120. The predicted molar refractivity (Wildman–Crippen MR) is 80.1 cm³/mol. The van der Waals surface area contributed by atoms with Crippen LogP contribution in [0, 0.1) is 11.3 Å². The van der Waals surface area contributed by atoms with Crippen molar-refractivity contribution in [2.45, 2.75) is 18.6 Å². The minimum absolute atomic E-state index is 0.137. The number of amides is 2. The molecule has 2 amide bonds. The van der Waals surface area contributed by atoms with Crippen molar-refractivity contribution in [3.63, 3.8) is 0 Å². The van der Waals surface area contributed by atoms with E-state index in [4.69, 9.17) is 11.0 Å². The van der Waals surface area contributed by atoms with E-state index in [0.29, 0.717) is 17.5 Å². The molecule has 0 aliphatic carbocycles. The van der Waals surface area contributed by atoms with Crippen LogP contribution < -0.4 is 11.1 Å². The number of rotatable bonds is 8. The van der Waals surface area contributed by atoms with Crippen LogP contribution in [0.5, 0.6) is 0 Å². The highest BCUT2D eigenvalue weighted by molar-refractivity contribution is 7.91. The summed E-state index contributed by atoms with van der Waals surface area (Å²) in [4.78, 5) is 22.1. The van der Waals surface area contributed by atoms with Crippen LogP contribution in [0.25, 0.3) is 0 Å². The summed E-state index contributed by atoms with van der Waals surface area (Å²) < 4.78 is 23.8. The van der Waals surface area contributed by atoms with E-state index in [1.807, 2.05) is 6.07 Å². The fourth-order valence-electron chi connectivity index (χ4n) is 1.72. The third-order valence-corrected chi connectivity index (χ3v) is 4.22. The number of nitrogens with two attached hydrogens (primary N) is 1. The van der Waals surface area contributed by atoms with Crippen molar-refractivity contribution < 1.29 is 18.0 Å². The summed E-state index contributed by atoms with van der Waals surface area (Å²) >= 11 is 0. The number of primary amides is 1. The quantitative estimate of drug-likeness (QED) is 0.643. The zero-order chi connectivity index (χ0) is 16.6. The molecule has 0 atom stereocenters. The molecule has 0 unspecified atom stereocenters. The second kappa shape index (κ2) is 8.14. The number of hydrogen-bond donors (Lipinski definition) is 2. The van der Waals surface area contributed by atoms with Gasteiger partial charge >= 0.3 is 0 Å². The molecule has 0 aliphatic rings. The molecule has 0 aromatic heterocycles. The molecule has 3 N–H and O–H groups in total. The van der Waals surface area contributed by atoms with Crippen LogP contribution >= 0.6 is 0 Å². The van der Waals surface area contributed by atoms with Crippen LogP contribution in [0.4, 0.5) is 0 Å². The summed E-state index contributed by atoms with van der Waals surface area (Å²) in [5.74, 6) is -1.97. The second-order valence-corrected chi connectivity index (χ2v) is 6.83. The van der Waals surface area contributed by atoms with Gasteiger partial charge in [-0.25, -0.2) is 8.42 Å². The number of sulfone groups is 1. The van der Waals surface area contributed by atoms with Crippen molar-refractivity contribution in [1.29, 1.82) is 5.26 Å². The Bertz CT molecular complexity index is 675. The number of nitrogens with one attached hydrogen (secondary N) is 1. The Hall–Kier alpha value is -2.40. The number of nitrogens with zero attached hydrogens (tertiary/aromatic N) is 1. The number of benzene rings is 1. The summed E-state index contributed by atoms with van der Waals surface area (Å²) in [5, 5.41) is 11.1. The minimum atomic E-state index is -3.59. The van der Waals surface area contributed by atoms with Gasteiger partial charge in [0.05, 0.1) is 17.4 Å². The smallest absolute Gasteiger partial charge is 0.235 e. The molecule has 0 saturated heterocycles. The molecule has 8 heteroatoms. The summed E-state index contributed by atoms with van der Waals surface area (Å²) in [7, 11) is -3.59. The average Bonchev–Trinajstić information content (AvgIpc) is 2.43. The van der Waals surface area contributed by atoms with E-state index in [-0.39, 0.29) is 18.7 Å². The average molecular weight is 323 g/mol. The van der Waals surface area contributed by atoms with E-state index >= 15 is 0 Å². The van der Waals surface area contributed by atoms with E-state index < -0.39 is 27.4 Å². The second-order valence-electron chi connectivity index (χ2n) is 4.76. The first-order valence-electron chi connectivity index (χ1n) is 6.57. The predicted octanol–water partition coefficient (Wildman–Crippen LogP) is -0.145. The van der Waals surface area contributed by atoms with Crippen LogP contribution in [0.15, 0.2) is 24.3 Å². The van der Waals surface area contributed by atoms with Gasteiger partial charge in [-0.05, 0) is 24.1 Å². The first kappa shape index (κ1) is 17.7. The number of hydrogen-bond acceptors (Lipinski definition) is 5. The van der Waals surface area contributed by atoms with Gasteiger partial charge in [-0.1, -0.05) is 12.1 Å². The molecule has 118 valence electrons. The Labute approximate surface area is 129 Å². The van der Waals surface area contributed by atoms with E-state index in [2.05, 4.69) is 5.32 Å². The van der Waals surface area contributed by atoms with Crippen LogP contribution in [-0.2, 0) is 25.2 Å². The normalized spacial score (nSPS) is 10.7. The summed E-state index contributed by atoms with van der Waals surface area (Å²) in [6, 6.07) is 8.07. The van der Waals surface area contributed by atoms with Crippen LogP contribution in [0.3, 0.4) is 0 Å². The van der Waals surface area contributed by atoms with Crippen molar-refractivity contribution >= 4 is 21.7 Å². The Kier molecular flexibility index (Phi) is 6.53. The molecule has 0 heterocycles. The summed E-state index contributed by atoms with van der Waals surface area (Å²) in [5.41, 5.74) is 5.90. The highest BCUT2D eigenvalue weighted by atomic mass is 32.2. The van der Waals surface area contributed by atoms with Crippen LogP contribution in [-0.4, -0.2) is 32.5 Å². The van der Waals surface area contributed by atoms with Gasteiger partial charge in [-0.15, -0.1) is 0 Å². The van der Waals surface area contributed by atoms with Gasteiger partial charge in [0.25, 0.3) is 0 Å². The number of carbonyl (C=O) groups excluding carboxylic acids is 2. The molecule has 7 nitrogen and oxygen atoms in total. The standard InChI is InChI=1S/C14H17N3O4S/c15-8-11-3-5-12(6-4-11)9-22(20,21)10-14(19)17-7-1-2-13(16)18/h3-6H,1-2,7,9-10H2,(H2,16,18)(H,17,19). The van der Waals surface area contributed by atoms with Crippen LogP contribution in [0.1, 0.15) is 24.0 Å². The van der Waals surface area contributed by atoms with Crippen molar-refractivity contribution in [3.8, 4) is 6.07 Å². The van der Waals surface area contributed by atoms with Crippen molar-refractivity contribution in [2.24, 2.45) is 5.73 Å². The van der Waals surface area contributed by atoms with E-state index in [1.54, 1.807) is 12.1 Å². The minimum Gasteiger partial charge on any atom is -0.370 e. The Balaban J connectivity index is 2.47. The molecule has 0 saturated carbocycles. The number of nitriles is 1. The van der Waals surface area contributed by atoms with E-state index in [1.165, 1.54) is 12.1 Å². The summed E-state index contributed by atoms with van der Waals surface area (Å²) in [6.07, 6.45) is 0.509. The third-order valence-electron chi connectivity index (χ3n) is 2.74. The highest BCUT2D eigenvalue weighted by Crippen LogP contribution is 2.08. The Morgan fingerprint density at radius 2 is 1.86 bits per heavy atom. The largest absolute Gasteiger partial charge is 0.370 e. The fraction of sp³-hybridized carbons (Fsp3) is 0.357. The molecule has 1 aromatic rings. The number of carbonyl (C=O) groups is 2. The first-order valence-corrected chi connectivity index (χ1v) is 8.39. The lowest BCUT2D eigenvalue weighted by atomic mass is 10.2. The molecule has 0 aliphatic heterocycles. The van der Waals surface area contributed by atoms with Crippen molar-refractivity contribution in [3.05, 3.63) is 35.4 Å². The maximum atomic E-state index is 11.9. The molecular weight excluding hydrogens is 306 g/mol. The molecule has 1 rings (SSSR count). The van der Waals surface area contributed by atoms with Crippen molar-refractivity contribution in [2.75, 3.05) is 12.3 Å². The van der Waals surface area contributed by atoms with Gasteiger partial charge in [0.15, 0.2) is 9.84 Å². The Morgan fingerprint density at radius 1 is 1.23 bits per heavy atom. The van der Waals surface area contributed by atoms with E-state index in [9.17, 15) is 18.0 Å². The fourth-order valence-corrected chi connectivity index (χ4v) is 3.03. The first-order chi connectivity index (χ1) is 10.3. The lowest BCUT2D eigenvalue weighted by Crippen LogP contribution is -2.32. The van der Waals surface area contributed by atoms with Gasteiger partial charge < -0.3 is 11.1 Å². The van der Waals surface area contributed by atoms with Gasteiger partial charge in [0.1, 0.15) is 5.75 Å². The van der Waals surface area contributed by atoms with Gasteiger partial charge in [-0.2, -0.15) is 5.26 Å². The molecule has 0 fully saturated rings. The van der Waals surface area contributed by atoms with E-state index in [0.717, 1.165) is 0 Å². The molecule has 0 radical (unpaired) electrons. The van der Waals surface area contributed by atoms with Crippen molar-refractivity contribution in [1.82, 2.24) is 5.32 Å². The third kappa shape index (κ3) is 6.85. The molecule has 0 spiro atoms. The maximum absolute atomic E-state index is 11.9. The van der Waals surface area contributed by atoms with Gasteiger partial charge in [0, 0.05) is 13.0 Å².